The lowest BCUT2D eigenvalue weighted by Gasteiger charge is -2.12. The number of nitrogens with two attached hydrogens (primary N) is 1. The second-order valence-corrected chi connectivity index (χ2v) is 4.50. The van der Waals surface area contributed by atoms with Crippen LogP contribution in [0.1, 0.15) is 12.5 Å². The van der Waals surface area contributed by atoms with Crippen molar-refractivity contribution in [1.29, 1.82) is 0 Å². The monoisotopic (exact) mass is 266 g/mol. The molecule has 0 aliphatic rings. The minimum absolute atomic E-state index is 0.0155. The van der Waals surface area contributed by atoms with Gasteiger partial charge in [-0.05, 0) is 23.6 Å². The van der Waals surface area contributed by atoms with E-state index in [0.717, 1.165) is 5.56 Å². The third-order valence-electron chi connectivity index (χ3n) is 2.63. The molecule has 1 amide bonds. The fourth-order valence-electron chi connectivity index (χ4n) is 1.55. The van der Waals surface area contributed by atoms with E-state index < -0.39 is 0 Å². The Balaban J connectivity index is 2.25. The molecule has 0 heterocycles. The second-order valence-electron chi connectivity index (χ2n) is 4.50. The van der Waals surface area contributed by atoms with Crippen molar-refractivity contribution in [3.05, 3.63) is 29.8 Å². The van der Waals surface area contributed by atoms with Crippen LogP contribution in [0.15, 0.2) is 24.3 Å². The van der Waals surface area contributed by atoms with Crippen molar-refractivity contribution < 1.29 is 14.3 Å². The summed E-state index contributed by atoms with van der Waals surface area (Å²) in [4.78, 5) is 11.6. The topological polar surface area (TPSA) is 73.6 Å². The van der Waals surface area contributed by atoms with E-state index in [1.165, 1.54) is 0 Å². The molecule has 0 radical (unpaired) electrons. The summed E-state index contributed by atoms with van der Waals surface area (Å²) in [5, 5.41) is 2.80. The van der Waals surface area contributed by atoms with Gasteiger partial charge in [0, 0.05) is 20.2 Å². The van der Waals surface area contributed by atoms with Crippen LogP contribution < -0.4 is 15.8 Å². The molecule has 19 heavy (non-hydrogen) atoms. The maximum absolute atomic E-state index is 11.6. The first-order valence-electron chi connectivity index (χ1n) is 6.33. The molecule has 0 aromatic heterocycles. The van der Waals surface area contributed by atoms with Gasteiger partial charge in [-0.3, -0.25) is 4.79 Å². The highest BCUT2D eigenvalue weighted by atomic mass is 16.5. The molecule has 0 fully saturated rings. The van der Waals surface area contributed by atoms with E-state index in [0.29, 0.717) is 25.4 Å². The molecule has 3 N–H and O–H groups in total. The van der Waals surface area contributed by atoms with E-state index in [4.69, 9.17) is 15.2 Å². The summed E-state index contributed by atoms with van der Waals surface area (Å²) < 4.78 is 10.4. The lowest BCUT2D eigenvalue weighted by Crippen LogP contribution is -2.33. The third kappa shape index (κ3) is 6.22. The number of carbonyl (C=O) groups excluding carboxylic acids is 1. The van der Waals surface area contributed by atoms with Crippen LogP contribution in [0, 0.1) is 5.92 Å². The predicted octanol–water partition coefficient (Wildman–Crippen LogP) is 0.923. The molecule has 1 rings (SSSR count). The fourth-order valence-corrected chi connectivity index (χ4v) is 1.55. The average molecular weight is 266 g/mol. The van der Waals surface area contributed by atoms with Gasteiger partial charge in [-0.15, -0.1) is 0 Å². The molecule has 1 unspecified atom stereocenters. The van der Waals surface area contributed by atoms with Gasteiger partial charge in [0.1, 0.15) is 5.75 Å². The number of ether oxygens (including phenoxy) is 2. The first-order valence-corrected chi connectivity index (χ1v) is 6.33. The molecule has 106 valence electrons. The van der Waals surface area contributed by atoms with Crippen molar-refractivity contribution in [2.45, 2.75) is 13.5 Å². The maximum atomic E-state index is 11.6. The predicted molar refractivity (Wildman–Crippen MR) is 73.9 cm³/mol. The number of carbonyl (C=O) groups is 1. The number of benzene rings is 1. The van der Waals surface area contributed by atoms with Crippen molar-refractivity contribution in [2.75, 3.05) is 26.9 Å². The molecule has 1 aromatic rings. The number of methoxy groups -OCH3 is 1. The van der Waals surface area contributed by atoms with Gasteiger partial charge < -0.3 is 20.5 Å². The minimum atomic E-state index is -0.133. The number of amides is 1. The lowest BCUT2D eigenvalue weighted by molar-refractivity contribution is -0.123. The Bertz CT molecular complexity index is 379. The molecule has 0 bridgehead atoms. The third-order valence-corrected chi connectivity index (χ3v) is 2.63. The molecule has 0 saturated heterocycles. The van der Waals surface area contributed by atoms with E-state index in [2.05, 4.69) is 5.32 Å². The first kappa shape index (κ1) is 15.5. The molecule has 5 heteroatoms. The van der Waals surface area contributed by atoms with Crippen molar-refractivity contribution in [2.24, 2.45) is 11.7 Å². The summed E-state index contributed by atoms with van der Waals surface area (Å²) in [6.45, 7) is 3.74. The summed E-state index contributed by atoms with van der Waals surface area (Å²) in [7, 11) is 1.65. The minimum Gasteiger partial charge on any atom is -0.484 e. The van der Waals surface area contributed by atoms with Crippen LogP contribution in [-0.4, -0.2) is 32.8 Å². The molecular weight excluding hydrogens is 244 g/mol. The van der Waals surface area contributed by atoms with E-state index in [-0.39, 0.29) is 18.4 Å². The highest BCUT2D eigenvalue weighted by Crippen LogP contribution is 2.11. The molecule has 1 aromatic carbocycles. The zero-order valence-corrected chi connectivity index (χ0v) is 11.5. The summed E-state index contributed by atoms with van der Waals surface area (Å²) in [5.41, 5.74) is 6.53. The molecular formula is C14H22N2O3. The van der Waals surface area contributed by atoms with Gasteiger partial charge >= 0.3 is 0 Å². The molecule has 0 aliphatic heterocycles. The smallest absolute Gasteiger partial charge is 0.257 e. The van der Waals surface area contributed by atoms with Crippen LogP contribution in [-0.2, 0) is 16.1 Å². The van der Waals surface area contributed by atoms with Gasteiger partial charge in [0.25, 0.3) is 5.91 Å². The highest BCUT2D eigenvalue weighted by Gasteiger charge is 2.06. The molecule has 1 atom stereocenters. The Labute approximate surface area is 114 Å². The number of rotatable bonds is 8. The molecule has 0 spiro atoms. The van der Waals surface area contributed by atoms with Gasteiger partial charge in [0.15, 0.2) is 6.61 Å². The maximum Gasteiger partial charge on any atom is 0.257 e. The number of nitrogens with one attached hydrogen (secondary N) is 1. The quantitative estimate of drug-likeness (QED) is 0.734. The van der Waals surface area contributed by atoms with E-state index in [9.17, 15) is 4.79 Å². The van der Waals surface area contributed by atoms with Gasteiger partial charge in [-0.25, -0.2) is 0 Å². The zero-order chi connectivity index (χ0) is 14.1. The first-order chi connectivity index (χ1) is 9.15. The second kappa shape index (κ2) is 8.50. The van der Waals surface area contributed by atoms with Gasteiger partial charge in [-0.1, -0.05) is 19.1 Å². The van der Waals surface area contributed by atoms with Gasteiger partial charge in [-0.2, -0.15) is 0 Å². The molecule has 5 nitrogen and oxygen atoms in total. The number of hydrogen-bond acceptors (Lipinski definition) is 4. The Morgan fingerprint density at radius 1 is 1.37 bits per heavy atom. The van der Waals surface area contributed by atoms with E-state index >= 15 is 0 Å². The average Bonchev–Trinajstić information content (AvgIpc) is 2.44. The van der Waals surface area contributed by atoms with Crippen molar-refractivity contribution >= 4 is 5.91 Å². The number of hydrogen-bond donors (Lipinski definition) is 2. The van der Waals surface area contributed by atoms with Crippen LogP contribution in [0.4, 0.5) is 0 Å². The van der Waals surface area contributed by atoms with E-state index in [1.807, 2.05) is 31.2 Å². The van der Waals surface area contributed by atoms with Crippen LogP contribution in [0.25, 0.3) is 0 Å². The van der Waals surface area contributed by atoms with E-state index in [1.54, 1.807) is 7.11 Å². The van der Waals surface area contributed by atoms with Gasteiger partial charge in [0.05, 0.1) is 6.61 Å². The standard InChI is InChI=1S/C14H22N2O3/c1-11(9-18-2)8-16-14(17)10-19-13-5-3-12(7-15)4-6-13/h3-6,11H,7-10,15H2,1-2H3,(H,16,17). The Kier molecular flexibility index (Phi) is 6.92. The summed E-state index contributed by atoms with van der Waals surface area (Å²) in [6, 6.07) is 7.38. The normalized spacial score (nSPS) is 11.9. The molecule has 0 aliphatic carbocycles. The lowest BCUT2D eigenvalue weighted by atomic mass is 10.2. The molecule has 0 saturated carbocycles. The zero-order valence-electron chi connectivity index (χ0n) is 11.5. The van der Waals surface area contributed by atoms with Crippen molar-refractivity contribution in [1.82, 2.24) is 5.32 Å². The summed E-state index contributed by atoms with van der Waals surface area (Å²) >= 11 is 0. The van der Waals surface area contributed by atoms with Crippen LogP contribution in [0.2, 0.25) is 0 Å². The van der Waals surface area contributed by atoms with Crippen LogP contribution in [0.3, 0.4) is 0 Å². The SMILES string of the molecule is COCC(C)CNC(=O)COc1ccc(CN)cc1. The van der Waals surface area contributed by atoms with Crippen molar-refractivity contribution in [3.8, 4) is 5.75 Å². The van der Waals surface area contributed by atoms with Crippen molar-refractivity contribution in [3.63, 3.8) is 0 Å². The van der Waals surface area contributed by atoms with Crippen LogP contribution in [0.5, 0.6) is 5.75 Å². The largest absolute Gasteiger partial charge is 0.484 e. The van der Waals surface area contributed by atoms with Crippen LogP contribution >= 0.6 is 0 Å². The Morgan fingerprint density at radius 2 is 2.05 bits per heavy atom. The fraction of sp³-hybridized carbons (Fsp3) is 0.500. The summed E-state index contributed by atoms with van der Waals surface area (Å²) in [6.07, 6.45) is 0. The Morgan fingerprint density at radius 3 is 2.63 bits per heavy atom. The Hall–Kier alpha value is -1.59. The summed E-state index contributed by atoms with van der Waals surface area (Å²) in [5.74, 6) is 0.820. The highest BCUT2D eigenvalue weighted by molar-refractivity contribution is 5.77. The van der Waals surface area contributed by atoms with Gasteiger partial charge in [0.2, 0.25) is 0 Å².